The van der Waals surface area contributed by atoms with Gasteiger partial charge in [0, 0.05) is 20.1 Å². The average Bonchev–Trinajstić information content (AvgIpc) is 2.44. The third kappa shape index (κ3) is 3.13. The lowest BCUT2D eigenvalue weighted by Crippen LogP contribution is -2.46. The Labute approximate surface area is 121 Å². The van der Waals surface area contributed by atoms with Crippen LogP contribution in [0.5, 0.6) is 0 Å². The summed E-state index contributed by atoms with van der Waals surface area (Å²) in [4.78, 5) is 37.1. The van der Waals surface area contributed by atoms with Gasteiger partial charge in [-0.05, 0) is 23.6 Å². The van der Waals surface area contributed by atoms with E-state index in [1.165, 1.54) is 11.9 Å². The van der Waals surface area contributed by atoms with Crippen molar-refractivity contribution in [1.82, 2.24) is 9.80 Å². The summed E-state index contributed by atoms with van der Waals surface area (Å²) in [6.45, 7) is 0.606. The van der Waals surface area contributed by atoms with Gasteiger partial charge < -0.3 is 20.6 Å². The zero-order valence-corrected chi connectivity index (χ0v) is 11.7. The fourth-order valence-electron chi connectivity index (χ4n) is 2.52. The average molecular weight is 291 g/mol. The van der Waals surface area contributed by atoms with Crippen LogP contribution in [0.25, 0.3) is 0 Å². The minimum Gasteiger partial charge on any atom is -0.478 e. The summed E-state index contributed by atoms with van der Waals surface area (Å²) in [6.07, 6.45) is 0.480. The Balaban J connectivity index is 2.16. The Bertz CT molecular complexity index is 600. The summed E-state index contributed by atoms with van der Waals surface area (Å²) in [5.41, 5.74) is 6.95. The lowest BCUT2D eigenvalue weighted by Gasteiger charge is -2.32. The molecule has 112 valence electrons. The van der Waals surface area contributed by atoms with Crippen molar-refractivity contribution in [1.29, 1.82) is 0 Å². The van der Waals surface area contributed by atoms with Crippen LogP contribution in [0.4, 0.5) is 4.79 Å². The summed E-state index contributed by atoms with van der Waals surface area (Å²) in [5, 5.41) is 9.16. The molecular formula is C14H17N3O4. The predicted octanol–water partition coefficient (Wildman–Crippen LogP) is 0.280. The number of hydrogen-bond acceptors (Lipinski definition) is 3. The van der Waals surface area contributed by atoms with Gasteiger partial charge in [0.05, 0.1) is 5.56 Å². The van der Waals surface area contributed by atoms with Crippen molar-refractivity contribution in [2.75, 3.05) is 20.1 Å². The summed E-state index contributed by atoms with van der Waals surface area (Å²) in [7, 11) is 1.51. The highest BCUT2D eigenvalue weighted by molar-refractivity contribution is 5.90. The van der Waals surface area contributed by atoms with Gasteiger partial charge in [0.2, 0.25) is 5.91 Å². The van der Waals surface area contributed by atoms with Crippen LogP contribution in [-0.2, 0) is 17.8 Å². The van der Waals surface area contributed by atoms with Gasteiger partial charge in [-0.15, -0.1) is 0 Å². The van der Waals surface area contributed by atoms with Crippen LogP contribution >= 0.6 is 0 Å². The summed E-state index contributed by atoms with van der Waals surface area (Å²) in [5.74, 6) is -1.53. The first-order valence-corrected chi connectivity index (χ1v) is 6.52. The fraction of sp³-hybridized carbons (Fsp3) is 0.357. The number of carbonyl (C=O) groups is 3. The maximum atomic E-state index is 12.2. The molecule has 3 amide bonds. The fourth-order valence-corrected chi connectivity index (χ4v) is 2.52. The van der Waals surface area contributed by atoms with Gasteiger partial charge >= 0.3 is 12.0 Å². The van der Waals surface area contributed by atoms with Crippen molar-refractivity contribution in [3.05, 3.63) is 34.9 Å². The van der Waals surface area contributed by atoms with Gasteiger partial charge in [-0.2, -0.15) is 0 Å². The molecule has 1 aliphatic heterocycles. The lowest BCUT2D eigenvalue weighted by molar-refractivity contribution is -0.118. The van der Waals surface area contributed by atoms with E-state index in [2.05, 4.69) is 0 Å². The molecule has 0 atom stereocenters. The first-order chi connectivity index (χ1) is 9.90. The molecule has 0 spiro atoms. The monoisotopic (exact) mass is 291 g/mol. The number of aromatic carboxylic acids is 1. The Morgan fingerprint density at radius 2 is 2.10 bits per heavy atom. The van der Waals surface area contributed by atoms with E-state index in [-0.39, 0.29) is 18.1 Å². The first kappa shape index (κ1) is 14.8. The molecule has 1 aromatic rings. The molecule has 7 heteroatoms. The number of primary amides is 1. The van der Waals surface area contributed by atoms with Crippen LogP contribution < -0.4 is 5.73 Å². The van der Waals surface area contributed by atoms with Crippen LogP contribution in [0.3, 0.4) is 0 Å². The number of benzene rings is 1. The Morgan fingerprint density at radius 3 is 2.71 bits per heavy atom. The van der Waals surface area contributed by atoms with E-state index in [1.807, 2.05) is 6.07 Å². The standard InChI is InChI=1S/C14H17N3O4/c1-16(8-12(15)18)14(21)17-6-5-10-9(7-17)3-2-4-11(10)13(19)20/h2-4H,5-8H2,1H3,(H2,15,18)(H,19,20). The molecule has 0 aliphatic carbocycles. The number of amides is 3. The molecule has 0 saturated heterocycles. The third-order valence-corrected chi connectivity index (χ3v) is 3.49. The normalized spacial score (nSPS) is 13.5. The minimum absolute atomic E-state index is 0.142. The summed E-state index contributed by atoms with van der Waals surface area (Å²) >= 11 is 0. The van der Waals surface area contributed by atoms with Gasteiger partial charge in [0.15, 0.2) is 0 Å². The van der Waals surface area contributed by atoms with Gasteiger partial charge in [-0.3, -0.25) is 4.79 Å². The van der Waals surface area contributed by atoms with Crippen LogP contribution in [-0.4, -0.2) is 53.0 Å². The van der Waals surface area contributed by atoms with Crippen molar-refractivity contribution in [2.45, 2.75) is 13.0 Å². The number of hydrogen-bond donors (Lipinski definition) is 2. The molecule has 0 bridgehead atoms. The smallest absolute Gasteiger partial charge is 0.335 e. The quantitative estimate of drug-likeness (QED) is 0.834. The number of carbonyl (C=O) groups excluding carboxylic acids is 2. The van der Waals surface area contributed by atoms with Gasteiger partial charge in [-0.1, -0.05) is 12.1 Å². The molecule has 0 aromatic heterocycles. The molecule has 21 heavy (non-hydrogen) atoms. The molecule has 0 saturated carbocycles. The second kappa shape index (κ2) is 5.82. The van der Waals surface area contributed by atoms with Gasteiger partial charge in [0.25, 0.3) is 0 Å². The molecule has 7 nitrogen and oxygen atoms in total. The molecule has 1 aromatic carbocycles. The third-order valence-electron chi connectivity index (χ3n) is 3.49. The number of rotatable bonds is 3. The lowest BCUT2D eigenvalue weighted by atomic mass is 9.94. The first-order valence-electron chi connectivity index (χ1n) is 6.52. The zero-order chi connectivity index (χ0) is 15.6. The van der Waals surface area contributed by atoms with Crippen LogP contribution in [0, 0.1) is 0 Å². The number of urea groups is 1. The van der Waals surface area contributed by atoms with E-state index in [1.54, 1.807) is 17.0 Å². The maximum absolute atomic E-state index is 12.2. The predicted molar refractivity (Wildman–Crippen MR) is 74.7 cm³/mol. The number of fused-ring (bicyclic) bond motifs is 1. The van der Waals surface area contributed by atoms with E-state index in [9.17, 15) is 14.4 Å². The number of nitrogens with two attached hydrogens (primary N) is 1. The molecule has 1 aliphatic rings. The Kier molecular flexibility index (Phi) is 4.11. The van der Waals surface area contributed by atoms with Gasteiger partial charge in [-0.25, -0.2) is 9.59 Å². The molecule has 1 heterocycles. The number of carboxylic acids is 1. The second-order valence-corrected chi connectivity index (χ2v) is 5.02. The molecule has 0 unspecified atom stereocenters. The van der Waals surface area contributed by atoms with E-state index in [0.29, 0.717) is 19.5 Å². The number of likely N-dealkylation sites (N-methyl/N-ethyl adjacent to an activating group) is 1. The van der Waals surface area contributed by atoms with Crippen molar-refractivity contribution in [3.8, 4) is 0 Å². The highest BCUT2D eigenvalue weighted by Gasteiger charge is 2.26. The van der Waals surface area contributed by atoms with Crippen LogP contribution in [0.15, 0.2) is 18.2 Å². The maximum Gasteiger partial charge on any atom is 0.335 e. The van der Waals surface area contributed by atoms with Crippen molar-refractivity contribution >= 4 is 17.9 Å². The highest BCUT2D eigenvalue weighted by Crippen LogP contribution is 2.23. The Morgan fingerprint density at radius 1 is 1.38 bits per heavy atom. The highest BCUT2D eigenvalue weighted by atomic mass is 16.4. The van der Waals surface area contributed by atoms with Crippen LogP contribution in [0.1, 0.15) is 21.5 Å². The SMILES string of the molecule is CN(CC(N)=O)C(=O)N1CCc2c(cccc2C(=O)O)C1. The largest absolute Gasteiger partial charge is 0.478 e. The van der Waals surface area contributed by atoms with E-state index in [0.717, 1.165) is 11.1 Å². The topological polar surface area (TPSA) is 104 Å². The minimum atomic E-state index is -0.961. The van der Waals surface area contributed by atoms with E-state index >= 15 is 0 Å². The zero-order valence-electron chi connectivity index (χ0n) is 11.7. The van der Waals surface area contributed by atoms with Crippen molar-refractivity contribution < 1.29 is 19.5 Å². The van der Waals surface area contributed by atoms with E-state index < -0.39 is 11.9 Å². The molecular weight excluding hydrogens is 274 g/mol. The van der Waals surface area contributed by atoms with Gasteiger partial charge in [0.1, 0.15) is 6.54 Å². The van der Waals surface area contributed by atoms with E-state index in [4.69, 9.17) is 10.8 Å². The number of nitrogens with zero attached hydrogens (tertiary/aromatic N) is 2. The molecule has 2 rings (SSSR count). The molecule has 0 radical (unpaired) electrons. The van der Waals surface area contributed by atoms with Crippen molar-refractivity contribution in [2.24, 2.45) is 5.73 Å². The molecule has 0 fully saturated rings. The van der Waals surface area contributed by atoms with Crippen molar-refractivity contribution in [3.63, 3.8) is 0 Å². The summed E-state index contributed by atoms with van der Waals surface area (Å²) in [6, 6.07) is 4.76. The Hall–Kier alpha value is -2.57. The second-order valence-electron chi connectivity index (χ2n) is 5.02. The molecule has 3 N–H and O–H groups in total. The number of carboxylic acid groups (broad SMARTS) is 1. The summed E-state index contributed by atoms with van der Waals surface area (Å²) < 4.78 is 0. The van der Waals surface area contributed by atoms with Crippen LogP contribution in [0.2, 0.25) is 0 Å².